The zero-order valence-corrected chi connectivity index (χ0v) is 12.4. The summed E-state index contributed by atoms with van der Waals surface area (Å²) >= 11 is 3.19. The molecule has 0 aromatic heterocycles. The van der Waals surface area contributed by atoms with Gasteiger partial charge in [-0.3, -0.25) is 15.1 Å². The zero-order chi connectivity index (χ0) is 16.3. The van der Waals surface area contributed by atoms with Crippen molar-refractivity contribution in [1.29, 1.82) is 0 Å². The van der Waals surface area contributed by atoms with Crippen LogP contribution in [0.25, 0.3) is 0 Å². The van der Waals surface area contributed by atoms with E-state index in [2.05, 4.69) is 20.9 Å². The lowest BCUT2D eigenvalue weighted by Gasteiger charge is -2.00. The van der Waals surface area contributed by atoms with Gasteiger partial charge in [-0.25, -0.2) is 9.18 Å². The predicted molar refractivity (Wildman–Crippen MR) is 81.4 cm³/mol. The van der Waals surface area contributed by atoms with E-state index in [0.717, 1.165) is 12.3 Å². The first-order valence-electron chi connectivity index (χ1n) is 5.89. The molecule has 2 aromatic rings. The van der Waals surface area contributed by atoms with Gasteiger partial charge in [0.05, 0.1) is 21.7 Å². The fourth-order valence-corrected chi connectivity index (χ4v) is 2.06. The van der Waals surface area contributed by atoms with E-state index in [1.807, 2.05) is 0 Å². The summed E-state index contributed by atoms with van der Waals surface area (Å²) in [6.45, 7) is 0. The molecule has 1 N–H and O–H groups in total. The van der Waals surface area contributed by atoms with Crippen LogP contribution in [0, 0.1) is 15.9 Å². The number of hydrogen-bond donors (Lipinski definition) is 1. The van der Waals surface area contributed by atoms with Gasteiger partial charge in [0.1, 0.15) is 5.82 Å². The quantitative estimate of drug-likeness (QED) is 0.503. The van der Waals surface area contributed by atoms with E-state index in [0.29, 0.717) is 4.47 Å². The lowest BCUT2D eigenvalue weighted by atomic mass is 10.2. The number of hydrogen-bond acceptors (Lipinski definition) is 4. The van der Waals surface area contributed by atoms with E-state index in [1.54, 1.807) is 0 Å². The number of carbonyl (C=O) groups is 1. The Morgan fingerprint density at radius 1 is 1.32 bits per heavy atom. The van der Waals surface area contributed by atoms with Crippen molar-refractivity contribution in [3.63, 3.8) is 0 Å². The van der Waals surface area contributed by atoms with Gasteiger partial charge in [0, 0.05) is 16.8 Å². The second kappa shape index (κ2) is 6.44. The summed E-state index contributed by atoms with van der Waals surface area (Å²) in [5, 5.41) is 19.7. The lowest BCUT2D eigenvalue weighted by Crippen LogP contribution is -1.97. The van der Waals surface area contributed by atoms with Crippen molar-refractivity contribution in [2.45, 2.75) is 0 Å². The van der Waals surface area contributed by atoms with Gasteiger partial charge in [0.2, 0.25) is 0 Å². The summed E-state index contributed by atoms with van der Waals surface area (Å²) in [5.41, 5.74) is -0.292. The number of nitrogens with zero attached hydrogens (tertiary/aromatic N) is 2. The maximum atomic E-state index is 13.7. The highest BCUT2D eigenvalue weighted by molar-refractivity contribution is 9.10. The normalized spacial score (nSPS) is 10.8. The number of benzene rings is 2. The lowest BCUT2D eigenvalue weighted by molar-refractivity contribution is -0.385. The summed E-state index contributed by atoms with van der Waals surface area (Å²) in [6, 6.07) is 7.52. The van der Waals surface area contributed by atoms with Crippen molar-refractivity contribution >= 4 is 39.5 Å². The highest BCUT2D eigenvalue weighted by Crippen LogP contribution is 2.24. The number of aromatic carboxylic acids is 1. The molecular formula is C14H8BrFN2O4. The number of rotatable bonds is 4. The van der Waals surface area contributed by atoms with E-state index in [1.165, 1.54) is 30.3 Å². The number of nitro benzene ring substituents is 1. The number of carboxylic acids is 1. The Bertz CT molecular complexity index is 792. The van der Waals surface area contributed by atoms with Crippen LogP contribution in [-0.2, 0) is 0 Å². The summed E-state index contributed by atoms with van der Waals surface area (Å²) in [5.74, 6) is -2.08. The fraction of sp³-hybridized carbons (Fsp3) is 0. The van der Waals surface area contributed by atoms with Gasteiger partial charge in [-0.15, -0.1) is 0 Å². The van der Waals surface area contributed by atoms with E-state index in [-0.39, 0.29) is 22.5 Å². The Morgan fingerprint density at radius 2 is 2.05 bits per heavy atom. The third kappa shape index (κ3) is 3.53. The summed E-state index contributed by atoms with van der Waals surface area (Å²) < 4.78 is 14.3. The number of carboxylic acid groups (broad SMARTS) is 1. The summed E-state index contributed by atoms with van der Waals surface area (Å²) in [6.07, 6.45) is 1.15. The maximum Gasteiger partial charge on any atom is 0.335 e. The smallest absolute Gasteiger partial charge is 0.335 e. The van der Waals surface area contributed by atoms with Crippen molar-refractivity contribution in [3.8, 4) is 0 Å². The van der Waals surface area contributed by atoms with Crippen molar-refractivity contribution in [2.75, 3.05) is 0 Å². The predicted octanol–water partition coefficient (Wildman–Crippen LogP) is 3.95. The van der Waals surface area contributed by atoms with E-state index in [4.69, 9.17) is 5.11 Å². The highest BCUT2D eigenvalue weighted by Gasteiger charge is 2.12. The molecule has 0 aliphatic rings. The van der Waals surface area contributed by atoms with Gasteiger partial charge in [-0.1, -0.05) is 15.9 Å². The molecule has 0 fully saturated rings. The SMILES string of the molecule is O=C(O)c1ccc(N=Cc2cc(Br)ccc2[N+](=O)[O-])c(F)c1. The van der Waals surface area contributed by atoms with Crippen molar-refractivity contribution in [3.05, 3.63) is 67.9 Å². The number of halogens is 2. The van der Waals surface area contributed by atoms with Crippen molar-refractivity contribution in [1.82, 2.24) is 0 Å². The first-order chi connectivity index (χ1) is 10.4. The molecule has 6 nitrogen and oxygen atoms in total. The van der Waals surface area contributed by atoms with Gasteiger partial charge < -0.3 is 5.11 Å². The van der Waals surface area contributed by atoms with Crippen LogP contribution in [0.2, 0.25) is 0 Å². The molecule has 2 aromatic carbocycles. The van der Waals surface area contributed by atoms with Crippen LogP contribution >= 0.6 is 15.9 Å². The van der Waals surface area contributed by atoms with E-state index >= 15 is 0 Å². The molecule has 0 spiro atoms. The van der Waals surface area contributed by atoms with Crippen LogP contribution in [0.5, 0.6) is 0 Å². The topological polar surface area (TPSA) is 92.8 Å². The Balaban J connectivity index is 2.39. The Morgan fingerprint density at radius 3 is 2.64 bits per heavy atom. The van der Waals surface area contributed by atoms with Crippen LogP contribution in [-0.4, -0.2) is 22.2 Å². The molecule has 0 aliphatic heterocycles. The molecule has 0 radical (unpaired) electrons. The minimum Gasteiger partial charge on any atom is -0.478 e. The van der Waals surface area contributed by atoms with Crippen LogP contribution in [0.4, 0.5) is 15.8 Å². The molecule has 8 heteroatoms. The van der Waals surface area contributed by atoms with E-state index in [9.17, 15) is 19.3 Å². The van der Waals surface area contributed by atoms with Crippen LogP contribution in [0.3, 0.4) is 0 Å². The maximum absolute atomic E-state index is 13.7. The molecule has 0 saturated carbocycles. The largest absolute Gasteiger partial charge is 0.478 e. The molecule has 0 aliphatic carbocycles. The molecule has 2 rings (SSSR count). The number of aliphatic imine (C=N–C) groups is 1. The second-order valence-corrected chi connectivity index (χ2v) is 5.11. The third-order valence-electron chi connectivity index (χ3n) is 2.72. The summed E-state index contributed by atoms with van der Waals surface area (Å²) in [7, 11) is 0. The first-order valence-corrected chi connectivity index (χ1v) is 6.68. The highest BCUT2D eigenvalue weighted by atomic mass is 79.9. The molecule has 112 valence electrons. The monoisotopic (exact) mass is 366 g/mol. The third-order valence-corrected chi connectivity index (χ3v) is 3.22. The molecule has 22 heavy (non-hydrogen) atoms. The average Bonchev–Trinajstić information content (AvgIpc) is 2.45. The van der Waals surface area contributed by atoms with Gasteiger partial charge in [-0.05, 0) is 30.3 Å². The van der Waals surface area contributed by atoms with E-state index < -0.39 is 16.7 Å². The second-order valence-electron chi connectivity index (χ2n) is 4.19. The average molecular weight is 367 g/mol. The van der Waals surface area contributed by atoms with Crippen LogP contribution in [0.1, 0.15) is 15.9 Å². The van der Waals surface area contributed by atoms with Gasteiger partial charge in [0.15, 0.2) is 0 Å². The Kier molecular flexibility index (Phi) is 4.62. The fourth-order valence-electron chi connectivity index (χ4n) is 1.68. The molecule has 0 amide bonds. The summed E-state index contributed by atoms with van der Waals surface area (Å²) in [4.78, 5) is 24.9. The molecule has 0 unspecified atom stereocenters. The zero-order valence-electron chi connectivity index (χ0n) is 10.9. The molecule has 0 saturated heterocycles. The van der Waals surface area contributed by atoms with Gasteiger partial charge >= 0.3 is 5.97 Å². The van der Waals surface area contributed by atoms with Crippen LogP contribution in [0.15, 0.2) is 45.9 Å². The molecule has 0 heterocycles. The standard InChI is InChI=1S/C14H8BrFN2O4/c15-10-2-4-13(18(21)22)9(5-10)7-17-12-3-1-8(14(19)20)6-11(12)16/h1-7H,(H,19,20). The molecular weight excluding hydrogens is 359 g/mol. The minimum atomic E-state index is -1.25. The molecule has 0 atom stereocenters. The Labute approximate surface area is 132 Å². The van der Waals surface area contributed by atoms with Gasteiger partial charge in [-0.2, -0.15) is 0 Å². The van der Waals surface area contributed by atoms with Crippen LogP contribution < -0.4 is 0 Å². The number of nitro groups is 1. The molecule has 0 bridgehead atoms. The van der Waals surface area contributed by atoms with Crippen molar-refractivity contribution < 1.29 is 19.2 Å². The minimum absolute atomic E-state index is 0.112. The first kappa shape index (κ1) is 15.8. The van der Waals surface area contributed by atoms with Crippen molar-refractivity contribution in [2.24, 2.45) is 4.99 Å². The van der Waals surface area contributed by atoms with Gasteiger partial charge in [0.25, 0.3) is 5.69 Å². The Hall–Kier alpha value is -2.61.